The third-order valence-corrected chi connectivity index (χ3v) is 6.59. The van der Waals surface area contributed by atoms with Gasteiger partial charge in [0.15, 0.2) is 0 Å². The number of fused-ring (bicyclic) bond motifs is 1. The summed E-state index contributed by atoms with van der Waals surface area (Å²) >= 11 is 0. The van der Waals surface area contributed by atoms with E-state index < -0.39 is 6.04 Å². The van der Waals surface area contributed by atoms with E-state index in [-0.39, 0.29) is 29.7 Å². The Morgan fingerprint density at radius 3 is 2.75 bits per heavy atom. The highest BCUT2D eigenvalue weighted by molar-refractivity contribution is 6.05. The highest BCUT2D eigenvalue weighted by Gasteiger charge is 2.41. The van der Waals surface area contributed by atoms with Crippen molar-refractivity contribution in [1.29, 1.82) is 0 Å². The lowest BCUT2D eigenvalue weighted by Gasteiger charge is -2.29. The molecule has 3 heterocycles. The molecule has 3 aliphatic heterocycles. The quantitative estimate of drug-likeness (QED) is 0.756. The van der Waals surface area contributed by atoms with Crippen LogP contribution in [-0.2, 0) is 22.7 Å². The predicted molar refractivity (Wildman–Crippen MR) is 104 cm³/mol. The topological polar surface area (TPSA) is 95.7 Å². The van der Waals surface area contributed by atoms with E-state index in [1.165, 1.54) is 0 Å². The Morgan fingerprint density at radius 2 is 2.07 bits per heavy atom. The Labute approximate surface area is 165 Å². The molecular weight excluding hydrogens is 356 g/mol. The number of nitrogens with zero attached hydrogens (tertiary/aromatic N) is 2. The number of hydrogen-bond acceptors (Lipinski definition) is 5. The fourth-order valence-corrected chi connectivity index (χ4v) is 4.61. The van der Waals surface area contributed by atoms with Crippen molar-refractivity contribution in [3.63, 3.8) is 0 Å². The minimum atomic E-state index is -0.574. The SMILES string of the molecule is CC(C)C1(N)CCN(Cc2cccc3c2C(=O)N(C2CCC(=O)NC2=O)C3)C1. The minimum Gasteiger partial charge on any atom is -0.324 e. The van der Waals surface area contributed by atoms with Crippen molar-refractivity contribution in [1.82, 2.24) is 15.1 Å². The molecule has 3 amide bonds. The number of rotatable bonds is 4. The molecule has 3 N–H and O–H groups in total. The molecule has 0 radical (unpaired) electrons. The number of benzene rings is 1. The molecule has 1 aromatic carbocycles. The van der Waals surface area contributed by atoms with Crippen LogP contribution in [0, 0.1) is 5.92 Å². The molecule has 2 unspecified atom stereocenters. The largest absolute Gasteiger partial charge is 0.324 e. The van der Waals surface area contributed by atoms with Gasteiger partial charge in [0.25, 0.3) is 5.91 Å². The monoisotopic (exact) mass is 384 g/mol. The fraction of sp³-hybridized carbons (Fsp3) is 0.571. The van der Waals surface area contributed by atoms with Gasteiger partial charge in [-0.3, -0.25) is 24.6 Å². The maximum atomic E-state index is 13.2. The third kappa shape index (κ3) is 3.22. The number of hydrogen-bond donors (Lipinski definition) is 2. The van der Waals surface area contributed by atoms with Gasteiger partial charge in [-0.1, -0.05) is 32.0 Å². The van der Waals surface area contributed by atoms with Crippen molar-refractivity contribution in [2.45, 2.75) is 57.8 Å². The number of nitrogens with two attached hydrogens (primary N) is 1. The van der Waals surface area contributed by atoms with Crippen LogP contribution in [0.5, 0.6) is 0 Å². The van der Waals surface area contributed by atoms with Crippen LogP contribution >= 0.6 is 0 Å². The first kappa shape index (κ1) is 19.1. The first-order valence-electron chi connectivity index (χ1n) is 10.0. The number of amides is 3. The normalized spacial score (nSPS) is 28.2. The van der Waals surface area contributed by atoms with Crippen LogP contribution in [0.4, 0.5) is 0 Å². The summed E-state index contributed by atoms with van der Waals surface area (Å²) < 4.78 is 0. The summed E-state index contributed by atoms with van der Waals surface area (Å²) in [7, 11) is 0. The highest BCUT2D eigenvalue weighted by Crippen LogP contribution is 2.32. The maximum absolute atomic E-state index is 13.2. The molecule has 2 atom stereocenters. The van der Waals surface area contributed by atoms with E-state index in [0.29, 0.717) is 31.0 Å². The van der Waals surface area contributed by atoms with E-state index in [1.807, 2.05) is 18.2 Å². The lowest BCUT2D eigenvalue weighted by atomic mass is 9.87. The molecule has 150 valence electrons. The molecule has 0 aliphatic carbocycles. The number of likely N-dealkylation sites (tertiary alicyclic amines) is 1. The van der Waals surface area contributed by atoms with Gasteiger partial charge in [0, 0.05) is 43.7 Å². The van der Waals surface area contributed by atoms with Crippen molar-refractivity contribution < 1.29 is 14.4 Å². The molecule has 0 spiro atoms. The fourth-order valence-electron chi connectivity index (χ4n) is 4.61. The molecule has 4 rings (SSSR count). The van der Waals surface area contributed by atoms with Crippen molar-refractivity contribution in [3.8, 4) is 0 Å². The summed E-state index contributed by atoms with van der Waals surface area (Å²) in [5, 5.41) is 2.35. The molecule has 7 heteroatoms. The zero-order valence-corrected chi connectivity index (χ0v) is 16.5. The van der Waals surface area contributed by atoms with E-state index in [4.69, 9.17) is 5.73 Å². The van der Waals surface area contributed by atoms with Crippen molar-refractivity contribution in [2.75, 3.05) is 13.1 Å². The summed E-state index contributed by atoms with van der Waals surface area (Å²) in [4.78, 5) is 40.8. The molecule has 1 aromatic rings. The first-order chi connectivity index (χ1) is 13.3. The van der Waals surface area contributed by atoms with E-state index in [2.05, 4.69) is 24.1 Å². The van der Waals surface area contributed by atoms with Crippen LogP contribution in [0.2, 0.25) is 0 Å². The molecule has 0 aromatic heterocycles. The number of nitrogens with one attached hydrogen (secondary N) is 1. The van der Waals surface area contributed by atoms with Crippen LogP contribution in [0.3, 0.4) is 0 Å². The molecule has 2 saturated heterocycles. The third-order valence-electron chi connectivity index (χ3n) is 6.59. The van der Waals surface area contributed by atoms with Crippen molar-refractivity contribution in [2.24, 2.45) is 11.7 Å². The zero-order valence-electron chi connectivity index (χ0n) is 16.5. The van der Waals surface area contributed by atoms with Gasteiger partial charge in [-0.25, -0.2) is 0 Å². The smallest absolute Gasteiger partial charge is 0.255 e. The van der Waals surface area contributed by atoms with Gasteiger partial charge in [0.1, 0.15) is 6.04 Å². The second-order valence-electron chi connectivity index (χ2n) is 8.70. The maximum Gasteiger partial charge on any atom is 0.255 e. The summed E-state index contributed by atoms with van der Waals surface area (Å²) in [5.41, 5.74) is 9.02. The van der Waals surface area contributed by atoms with Crippen molar-refractivity contribution >= 4 is 17.7 Å². The number of carbonyl (C=O) groups excluding carboxylic acids is 3. The van der Waals surface area contributed by atoms with E-state index in [0.717, 1.165) is 30.6 Å². The van der Waals surface area contributed by atoms with E-state index >= 15 is 0 Å². The average molecular weight is 384 g/mol. The molecule has 2 fully saturated rings. The van der Waals surface area contributed by atoms with Gasteiger partial charge in [-0.15, -0.1) is 0 Å². The Kier molecular flexibility index (Phi) is 4.75. The van der Waals surface area contributed by atoms with Crippen LogP contribution in [-0.4, -0.2) is 52.2 Å². The highest BCUT2D eigenvalue weighted by atomic mass is 16.2. The molecule has 7 nitrogen and oxygen atoms in total. The summed E-state index contributed by atoms with van der Waals surface area (Å²) in [5.74, 6) is -0.343. The molecule has 28 heavy (non-hydrogen) atoms. The molecule has 0 saturated carbocycles. The summed E-state index contributed by atoms with van der Waals surface area (Å²) in [6.45, 7) is 7.16. The van der Waals surface area contributed by atoms with Gasteiger partial charge in [0.05, 0.1) is 0 Å². The Balaban J connectivity index is 1.53. The van der Waals surface area contributed by atoms with Crippen LogP contribution < -0.4 is 11.1 Å². The lowest BCUT2D eigenvalue weighted by Crippen LogP contribution is -2.52. The molecule has 3 aliphatic rings. The van der Waals surface area contributed by atoms with Crippen LogP contribution in [0.15, 0.2) is 18.2 Å². The summed E-state index contributed by atoms with van der Waals surface area (Å²) in [6, 6.07) is 5.35. The van der Waals surface area contributed by atoms with Gasteiger partial charge in [-0.05, 0) is 29.9 Å². The first-order valence-corrected chi connectivity index (χ1v) is 10.0. The van der Waals surface area contributed by atoms with Crippen molar-refractivity contribution in [3.05, 3.63) is 34.9 Å². The summed E-state index contributed by atoms with van der Waals surface area (Å²) in [6.07, 6.45) is 1.61. The van der Waals surface area contributed by atoms with E-state index in [9.17, 15) is 14.4 Å². The average Bonchev–Trinajstić information content (AvgIpc) is 3.17. The Morgan fingerprint density at radius 1 is 1.29 bits per heavy atom. The zero-order chi connectivity index (χ0) is 20.1. The van der Waals surface area contributed by atoms with Crippen LogP contribution in [0.1, 0.15) is 54.6 Å². The van der Waals surface area contributed by atoms with Gasteiger partial charge in [0.2, 0.25) is 11.8 Å². The molecular formula is C21H28N4O3. The lowest BCUT2D eigenvalue weighted by molar-refractivity contribution is -0.136. The van der Waals surface area contributed by atoms with Gasteiger partial charge >= 0.3 is 0 Å². The standard InChI is InChI=1S/C21H28N4O3/c1-13(2)21(22)8-9-24(12-21)10-14-4-3-5-15-11-25(20(28)18(14)15)16-6-7-17(26)23-19(16)27/h3-5,13,16H,6-12,22H2,1-2H3,(H,23,26,27). The van der Waals surface area contributed by atoms with E-state index in [1.54, 1.807) is 4.90 Å². The second kappa shape index (κ2) is 6.97. The molecule has 0 bridgehead atoms. The Bertz CT molecular complexity index is 837. The second-order valence-corrected chi connectivity index (χ2v) is 8.70. The van der Waals surface area contributed by atoms with Crippen LogP contribution in [0.25, 0.3) is 0 Å². The van der Waals surface area contributed by atoms with Gasteiger partial charge < -0.3 is 10.6 Å². The minimum absolute atomic E-state index is 0.109. The predicted octanol–water partition coefficient (Wildman–Crippen LogP) is 1.01. The number of piperidine rings is 1. The number of imide groups is 1. The van der Waals surface area contributed by atoms with Gasteiger partial charge in [-0.2, -0.15) is 0 Å². The Hall–Kier alpha value is -2.25. The number of carbonyl (C=O) groups is 3.